The molecular weight excluding hydrogens is 254 g/mol. The summed E-state index contributed by atoms with van der Waals surface area (Å²) >= 11 is 0. The van der Waals surface area contributed by atoms with Gasteiger partial charge in [-0.1, -0.05) is 58.3 Å². The SMILES string of the molecule is CCCCCCCCCCCC(=O)COC(=O)C(C)N. The van der Waals surface area contributed by atoms with Gasteiger partial charge in [-0.05, 0) is 13.3 Å². The molecule has 20 heavy (non-hydrogen) atoms. The normalized spacial score (nSPS) is 12.2. The first-order chi connectivity index (χ1) is 9.57. The van der Waals surface area contributed by atoms with Gasteiger partial charge in [0.1, 0.15) is 12.6 Å². The number of esters is 1. The molecule has 0 aliphatic heterocycles. The van der Waals surface area contributed by atoms with Crippen LogP contribution < -0.4 is 5.73 Å². The van der Waals surface area contributed by atoms with Crippen LogP contribution >= 0.6 is 0 Å². The Morgan fingerprint density at radius 1 is 0.950 bits per heavy atom. The lowest BCUT2D eigenvalue weighted by Gasteiger charge is -2.06. The van der Waals surface area contributed by atoms with E-state index in [0.29, 0.717) is 6.42 Å². The van der Waals surface area contributed by atoms with Crippen molar-refractivity contribution in [1.29, 1.82) is 0 Å². The van der Waals surface area contributed by atoms with Crippen molar-refractivity contribution in [3.05, 3.63) is 0 Å². The van der Waals surface area contributed by atoms with Crippen LogP contribution in [0.1, 0.15) is 78.1 Å². The van der Waals surface area contributed by atoms with E-state index in [1.165, 1.54) is 44.9 Å². The van der Waals surface area contributed by atoms with Crippen molar-refractivity contribution in [2.75, 3.05) is 6.61 Å². The maximum atomic E-state index is 11.5. The Hall–Kier alpha value is -0.900. The zero-order valence-electron chi connectivity index (χ0n) is 13.2. The average Bonchev–Trinajstić information content (AvgIpc) is 2.42. The molecule has 0 radical (unpaired) electrons. The van der Waals surface area contributed by atoms with Gasteiger partial charge in [-0.15, -0.1) is 0 Å². The Morgan fingerprint density at radius 2 is 1.45 bits per heavy atom. The molecule has 118 valence electrons. The molecule has 0 bridgehead atoms. The van der Waals surface area contributed by atoms with Crippen LogP contribution in [0.4, 0.5) is 0 Å². The molecule has 0 spiro atoms. The number of Topliss-reactive ketones (excluding diaryl/α,β-unsaturated/α-hetero) is 1. The molecule has 2 N–H and O–H groups in total. The topological polar surface area (TPSA) is 69.4 Å². The summed E-state index contributed by atoms with van der Waals surface area (Å²) in [5, 5.41) is 0. The smallest absolute Gasteiger partial charge is 0.323 e. The molecule has 0 aromatic carbocycles. The monoisotopic (exact) mass is 285 g/mol. The Labute approximate surface area is 123 Å². The molecule has 4 heteroatoms. The average molecular weight is 285 g/mol. The van der Waals surface area contributed by atoms with E-state index in [1.54, 1.807) is 6.92 Å². The summed E-state index contributed by atoms with van der Waals surface area (Å²) in [6, 6.07) is -0.657. The van der Waals surface area contributed by atoms with Crippen LogP contribution in [0.2, 0.25) is 0 Å². The summed E-state index contributed by atoms with van der Waals surface area (Å²) in [7, 11) is 0. The highest BCUT2D eigenvalue weighted by molar-refractivity contribution is 5.83. The number of ketones is 1. The second kappa shape index (κ2) is 13.1. The minimum atomic E-state index is -0.657. The lowest BCUT2D eigenvalue weighted by molar-refractivity contribution is -0.148. The third-order valence-corrected chi connectivity index (χ3v) is 3.31. The number of hydrogen-bond acceptors (Lipinski definition) is 4. The van der Waals surface area contributed by atoms with Gasteiger partial charge >= 0.3 is 5.97 Å². The van der Waals surface area contributed by atoms with E-state index in [0.717, 1.165) is 12.8 Å². The van der Waals surface area contributed by atoms with Gasteiger partial charge in [0.25, 0.3) is 0 Å². The minimum Gasteiger partial charge on any atom is -0.457 e. The molecule has 0 aliphatic rings. The second-order valence-corrected chi connectivity index (χ2v) is 5.51. The summed E-state index contributed by atoms with van der Waals surface area (Å²) in [6.07, 6.45) is 11.5. The zero-order chi connectivity index (χ0) is 15.2. The highest BCUT2D eigenvalue weighted by atomic mass is 16.5. The third-order valence-electron chi connectivity index (χ3n) is 3.31. The van der Waals surface area contributed by atoms with Gasteiger partial charge in [-0.25, -0.2) is 0 Å². The summed E-state index contributed by atoms with van der Waals surface area (Å²) in [4.78, 5) is 22.5. The molecule has 0 heterocycles. The number of carbonyl (C=O) groups excluding carboxylic acids is 2. The molecule has 0 aromatic rings. The molecule has 1 atom stereocenters. The summed E-state index contributed by atoms with van der Waals surface area (Å²) in [6.45, 7) is 3.65. The Kier molecular flexibility index (Phi) is 12.5. The molecule has 4 nitrogen and oxygen atoms in total. The number of hydrogen-bond donors (Lipinski definition) is 1. The van der Waals surface area contributed by atoms with Crippen LogP contribution in [0, 0.1) is 0 Å². The highest BCUT2D eigenvalue weighted by Crippen LogP contribution is 2.10. The Bertz CT molecular complexity index is 264. The van der Waals surface area contributed by atoms with Gasteiger partial charge in [-0.2, -0.15) is 0 Å². The fourth-order valence-corrected chi connectivity index (χ4v) is 1.99. The third kappa shape index (κ3) is 12.2. The fraction of sp³-hybridized carbons (Fsp3) is 0.875. The number of unbranched alkanes of at least 4 members (excludes halogenated alkanes) is 8. The quantitative estimate of drug-likeness (QED) is 0.416. The molecule has 0 saturated heterocycles. The molecule has 0 aliphatic carbocycles. The van der Waals surface area contributed by atoms with Crippen LogP contribution in [0.3, 0.4) is 0 Å². The van der Waals surface area contributed by atoms with Gasteiger partial charge in [0.2, 0.25) is 0 Å². The van der Waals surface area contributed by atoms with Gasteiger partial charge < -0.3 is 10.5 Å². The standard InChI is InChI=1S/C16H31NO3/c1-3-4-5-6-7-8-9-10-11-12-15(18)13-20-16(19)14(2)17/h14H,3-13,17H2,1-2H3. The van der Waals surface area contributed by atoms with Crippen LogP contribution in [0.25, 0.3) is 0 Å². The first-order valence-electron chi connectivity index (χ1n) is 8.01. The maximum absolute atomic E-state index is 11.5. The molecule has 0 amide bonds. The van der Waals surface area contributed by atoms with Gasteiger partial charge in [0, 0.05) is 6.42 Å². The van der Waals surface area contributed by atoms with Crippen molar-refractivity contribution in [3.8, 4) is 0 Å². The Balaban J connectivity index is 3.29. The van der Waals surface area contributed by atoms with E-state index in [2.05, 4.69) is 6.92 Å². The molecular formula is C16H31NO3. The van der Waals surface area contributed by atoms with E-state index in [1.807, 2.05) is 0 Å². The predicted octanol–water partition coefficient (Wildman–Crippen LogP) is 3.37. The van der Waals surface area contributed by atoms with E-state index in [-0.39, 0.29) is 12.4 Å². The maximum Gasteiger partial charge on any atom is 0.323 e. The number of ether oxygens (including phenoxy) is 1. The molecule has 0 fully saturated rings. The van der Waals surface area contributed by atoms with Crippen LogP contribution in [-0.4, -0.2) is 24.4 Å². The number of carbonyl (C=O) groups is 2. The fourth-order valence-electron chi connectivity index (χ4n) is 1.99. The van der Waals surface area contributed by atoms with E-state index in [9.17, 15) is 9.59 Å². The van der Waals surface area contributed by atoms with E-state index >= 15 is 0 Å². The van der Waals surface area contributed by atoms with Gasteiger partial charge in [0.05, 0.1) is 0 Å². The zero-order valence-corrected chi connectivity index (χ0v) is 13.2. The first kappa shape index (κ1) is 19.1. The summed E-state index contributed by atoms with van der Waals surface area (Å²) in [5.41, 5.74) is 5.33. The van der Waals surface area contributed by atoms with E-state index < -0.39 is 12.0 Å². The van der Waals surface area contributed by atoms with Crippen LogP contribution in [0.5, 0.6) is 0 Å². The molecule has 0 saturated carbocycles. The van der Waals surface area contributed by atoms with Gasteiger partial charge in [-0.3, -0.25) is 9.59 Å². The summed E-state index contributed by atoms with van der Waals surface area (Å²) < 4.78 is 4.78. The predicted molar refractivity (Wildman–Crippen MR) is 81.5 cm³/mol. The number of rotatable bonds is 13. The van der Waals surface area contributed by atoms with Crippen molar-refractivity contribution in [1.82, 2.24) is 0 Å². The van der Waals surface area contributed by atoms with Crippen molar-refractivity contribution in [2.24, 2.45) is 5.73 Å². The van der Waals surface area contributed by atoms with Crippen molar-refractivity contribution in [2.45, 2.75) is 84.1 Å². The van der Waals surface area contributed by atoms with Crippen LogP contribution in [-0.2, 0) is 14.3 Å². The minimum absolute atomic E-state index is 0.0121. The first-order valence-corrected chi connectivity index (χ1v) is 8.01. The molecule has 0 aromatic heterocycles. The summed E-state index contributed by atoms with van der Waals surface area (Å²) in [5.74, 6) is -0.521. The van der Waals surface area contributed by atoms with Crippen molar-refractivity contribution < 1.29 is 14.3 Å². The lowest BCUT2D eigenvalue weighted by Crippen LogP contribution is -2.30. The second-order valence-electron chi connectivity index (χ2n) is 5.51. The highest BCUT2D eigenvalue weighted by Gasteiger charge is 2.11. The molecule has 1 unspecified atom stereocenters. The van der Waals surface area contributed by atoms with Crippen molar-refractivity contribution >= 4 is 11.8 Å². The van der Waals surface area contributed by atoms with Crippen molar-refractivity contribution in [3.63, 3.8) is 0 Å². The van der Waals surface area contributed by atoms with Crippen LogP contribution in [0.15, 0.2) is 0 Å². The Morgan fingerprint density at radius 3 is 1.95 bits per heavy atom. The largest absolute Gasteiger partial charge is 0.457 e. The van der Waals surface area contributed by atoms with Gasteiger partial charge in [0.15, 0.2) is 5.78 Å². The van der Waals surface area contributed by atoms with E-state index in [4.69, 9.17) is 10.5 Å². The number of nitrogens with two attached hydrogens (primary N) is 1. The molecule has 0 rings (SSSR count). The lowest BCUT2D eigenvalue weighted by atomic mass is 10.1.